The molecule has 0 radical (unpaired) electrons. The summed E-state index contributed by atoms with van der Waals surface area (Å²) in [6.07, 6.45) is 0. The molecule has 0 saturated heterocycles. The quantitative estimate of drug-likeness (QED) is 0.328. The molecule has 1 amide bonds. The van der Waals surface area contributed by atoms with Gasteiger partial charge in [-0.1, -0.05) is 65.3 Å². The lowest BCUT2D eigenvalue weighted by Crippen LogP contribution is -2.24. The van der Waals surface area contributed by atoms with Crippen LogP contribution in [0.15, 0.2) is 78.0 Å². The molecule has 32 heavy (non-hydrogen) atoms. The highest BCUT2D eigenvalue weighted by Gasteiger charge is 2.18. The zero-order valence-corrected chi connectivity index (χ0v) is 19.0. The van der Waals surface area contributed by atoms with E-state index in [1.165, 1.54) is 23.9 Å². The highest BCUT2D eigenvalue weighted by atomic mass is 35.5. The van der Waals surface area contributed by atoms with E-state index in [0.29, 0.717) is 38.0 Å². The van der Waals surface area contributed by atoms with Crippen LogP contribution in [-0.2, 0) is 12.3 Å². The van der Waals surface area contributed by atoms with Crippen LogP contribution in [0.25, 0.3) is 5.69 Å². The number of thioether (sulfide) groups is 1. The van der Waals surface area contributed by atoms with E-state index >= 15 is 0 Å². The van der Waals surface area contributed by atoms with Gasteiger partial charge in [0.1, 0.15) is 5.82 Å². The summed E-state index contributed by atoms with van der Waals surface area (Å²) in [6, 6.07) is 20.3. The predicted octanol–water partition coefficient (Wildman–Crippen LogP) is 5.94. The number of aromatic nitrogens is 3. The van der Waals surface area contributed by atoms with Crippen molar-refractivity contribution in [2.45, 2.75) is 17.5 Å². The van der Waals surface area contributed by atoms with E-state index in [9.17, 15) is 9.18 Å². The molecule has 0 aliphatic carbocycles. The Morgan fingerprint density at radius 3 is 2.47 bits per heavy atom. The molecule has 5 nitrogen and oxygen atoms in total. The van der Waals surface area contributed by atoms with Crippen molar-refractivity contribution < 1.29 is 9.18 Å². The second kappa shape index (κ2) is 10.2. The number of carbonyl (C=O) groups excluding carboxylic acids is 1. The van der Waals surface area contributed by atoms with Crippen molar-refractivity contribution in [2.75, 3.05) is 0 Å². The molecule has 1 N–H and O–H groups in total. The van der Waals surface area contributed by atoms with Gasteiger partial charge in [0.15, 0.2) is 11.0 Å². The van der Waals surface area contributed by atoms with Gasteiger partial charge in [0.2, 0.25) is 0 Å². The van der Waals surface area contributed by atoms with Crippen LogP contribution >= 0.6 is 35.0 Å². The van der Waals surface area contributed by atoms with Crippen LogP contribution in [0.4, 0.5) is 4.39 Å². The van der Waals surface area contributed by atoms with E-state index in [0.717, 1.165) is 5.56 Å². The first-order chi connectivity index (χ1) is 15.5. The molecule has 0 aliphatic rings. The van der Waals surface area contributed by atoms with Gasteiger partial charge in [0.25, 0.3) is 5.91 Å². The summed E-state index contributed by atoms with van der Waals surface area (Å²) in [6.45, 7) is 0.150. The summed E-state index contributed by atoms with van der Waals surface area (Å²) in [4.78, 5) is 12.5. The molecule has 0 bridgehead atoms. The number of nitrogens with zero attached hydrogens (tertiary/aromatic N) is 3. The maximum atomic E-state index is 13.2. The third-order valence-corrected chi connectivity index (χ3v) is 6.11. The van der Waals surface area contributed by atoms with E-state index < -0.39 is 0 Å². The number of halogens is 3. The van der Waals surface area contributed by atoms with Crippen molar-refractivity contribution in [1.29, 1.82) is 0 Å². The van der Waals surface area contributed by atoms with Gasteiger partial charge in [-0.15, -0.1) is 10.2 Å². The summed E-state index contributed by atoms with van der Waals surface area (Å²) in [5, 5.41) is 13.0. The molecular formula is C23H17Cl2FN4OS. The molecule has 1 heterocycles. The Hall–Kier alpha value is -2.87. The number of amides is 1. The van der Waals surface area contributed by atoms with Crippen LogP contribution in [0, 0.1) is 5.82 Å². The zero-order chi connectivity index (χ0) is 22.5. The highest BCUT2D eigenvalue weighted by Crippen LogP contribution is 2.30. The summed E-state index contributed by atoms with van der Waals surface area (Å²) < 4.78 is 15.0. The fourth-order valence-corrected chi connectivity index (χ4v) is 4.40. The van der Waals surface area contributed by atoms with Crippen LogP contribution < -0.4 is 5.32 Å². The Balaban J connectivity index is 1.60. The van der Waals surface area contributed by atoms with Crippen molar-refractivity contribution in [1.82, 2.24) is 20.1 Å². The van der Waals surface area contributed by atoms with Crippen molar-refractivity contribution in [3.05, 3.63) is 106 Å². The first-order valence-corrected chi connectivity index (χ1v) is 11.4. The van der Waals surface area contributed by atoms with Gasteiger partial charge in [0.05, 0.1) is 17.3 Å². The monoisotopic (exact) mass is 486 g/mol. The average Bonchev–Trinajstić information content (AvgIpc) is 3.20. The molecule has 0 atom stereocenters. The van der Waals surface area contributed by atoms with E-state index in [2.05, 4.69) is 15.5 Å². The standard InChI is InChI=1S/C23H17Cl2FN4OS/c24-17-8-11-20(19(25)12-17)30-21(13-27-22(31)16-4-2-1-3-5-16)28-29-23(30)32-14-15-6-9-18(26)10-7-15/h1-12H,13-14H2,(H,27,31). The van der Waals surface area contributed by atoms with Crippen LogP contribution in [0.1, 0.15) is 21.7 Å². The van der Waals surface area contributed by atoms with Crippen LogP contribution in [0.5, 0.6) is 0 Å². The molecule has 0 fully saturated rings. The molecule has 0 unspecified atom stereocenters. The number of hydrogen-bond donors (Lipinski definition) is 1. The number of benzene rings is 3. The molecule has 0 spiro atoms. The second-order valence-electron chi connectivity index (χ2n) is 6.79. The summed E-state index contributed by atoms with van der Waals surface area (Å²) in [5.74, 6) is 0.564. The Bertz CT molecular complexity index is 1230. The van der Waals surface area contributed by atoms with Crippen molar-refractivity contribution in [3.63, 3.8) is 0 Å². The lowest BCUT2D eigenvalue weighted by atomic mass is 10.2. The van der Waals surface area contributed by atoms with Gasteiger partial charge >= 0.3 is 0 Å². The predicted molar refractivity (Wildman–Crippen MR) is 125 cm³/mol. The van der Waals surface area contributed by atoms with Gasteiger partial charge in [-0.2, -0.15) is 0 Å². The Morgan fingerprint density at radius 2 is 1.75 bits per heavy atom. The maximum Gasteiger partial charge on any atom is 0.251 e. The fraction of sp³-hybridized carbons (Fsp3) is 0.0870. The summed E-state index contributed by atoms with van der Waals surface area (Å²) >= 11 is 14.0. The van der Waals surface area contributed by atoms with E-state index in [1.807, 2.05) is 6.07 Å². The zero-order valence-electron chi connectivity index (χ0n) is 16.6. The van der Waals surface area contributed by atoms with Gasteiger partial charge in [-0.3, -0.25) is 9.36 Å². The lowest BCUT2D eigenvalue weighted by molar-refractivity contribution is 0.0949. The molecule has 3 aromatic carbocycles. The minimum absolute atomic E-state index is 0.150. The van der Waals surface area contributed by atoms with E-state index in [-0.39, 0.29) is 18.3 Å². The molecule has 9 heteroatoms. The summed E-state index contributed by atoms with van der Waals surface area (Å²) in [5.41, 5.74) is 2.13. The van der Waals surface area contributed by atoms with Crippen molar-refractivity contribution in [3.8, 4) is 5.69 Å². The normalized spacial score (nSPS) is 10.8. The molecule has 162 valence electrons. The fourth-order valence-electron chi connectivity index (χ4n) is 2.99. The molecule has 4 aromatic rings. The van der Waals surface area contributed by atoms with Crippen molar-refractivity contribution in [2.24, 2.45) is 0 Å². The maximum absolute atomic E-state index is 13.2. The van der Waals surface area contributed by atoms with Crippen LogP contribution in [0.3, 0.4) is 0 Å². The number of carbonyl (C=O) groups is 1. The Labute approximate surface area is 198 Å². The molecule has 0 saturated carbocycles. The summed E-state index contributed by atoms with van der Waals surface area (Å²) in [7, 11) is 0. The largest absolute Gasteiger partial charge is 0.345 e. The molecule has 0 aliphatic heterocycles. The Morgan fingerprint density at radius 1 is 1.00 bits per heavy atom. The molecule has 1 aromatic heterocycles. The van der Waals surface area contributed by atoms with Gasteiger partial charge in [0, 0.05) is 16.3 Å². The Kier molecular flexibility index (Phi) is 7.09. The lowest BCUT2D eigenvalue weighted by Gasteiger charge is -2.13. The molecular weight excluding hydrogens is 470 g/mol. The first-order valence-electron chi connectivity index (χ1n) is 9.61. The minimum Gasteiger partial charge on any atom is -0.345 e. The van der Waals surface area contributed by atoms with Gasteiger partial charge in [-0.05, 0) is 48.0 Å². The highest BCUT2D eigenvalue weighted by molar-refractivity contribution is 7.98. The van der Waals surface area contributed by atoms with Crippen LogP contribution in [0.2, 0.25) is 10.0 Å². The van der Waals surface area contributed by atoms with Gasteiger partial charge < -0.3 is 5.32 Å². The van der Waals surface area contributed by atoms with Crippen molar-refractivity contribution >= 4 is 40.9 Å². The average molecular weight is 487 g/mol. The molecule has 4 rings (SSSR count). The first kappa shape index (κ1) is 22.3. The number of rotatable bonds is 7. The van der Waals surface area contributed by atoms with E-state index in [1.54, 1.807) is 59.2 Å². The minimum atomic E-state index is -0.286. The number of nitrogens with one attached hydrogen (secondary N) is 1. The topological polar surface area (TPSA) is 59.8 Å². The van der Waals surface area contributed by atoms with E-state index in [4.69, 9.17) is 23.2 Å². The SMILES string of the molecule is O=C(NCc1nnc(SCc2ccc(F)cc2)n1-c1ccc(Cl)cc1Cl)c1ccccc1. The number of hydrogen-bond acceptors (Lipinski definition) is 4. The smallest absolute Gasteiger partial charge is 0.251 e. The third kappa shape index (κ3) is 5.30. The third-order valence-electron chi connectivity index (χ3n) is 4.58. The van der Waals surface area contributed by atoms with Crippen LogP contribution in [-0.4, -0.2) is 20.7 Å². The van der Waals surface area contributed by atoms with Gasteiger partial charge in [-0.25, -0.2) is 4.39 Å². The second-order valence-corrected chi connectivity index (χ2v) is 8.58.